The van der Waals surface area contributed by atoms with Gasteiger partial charge in [-0.3, -0.25) is 0 Å². The minimum atomic E-state index is -4.46. The number of alkyl halides is 3. The summed E-state index contributed by atoms with van der Waals surface area (Å²) in [6, 6.07) is 3.85. The highest BCUT2D eigenvalue weighted by molar-refractivity contribution is 7.80. The van der Waals surface area contributed by atoms with Crippen LogP contribution in [0.15, 0.2) is 24.3 Å². The van der Waals surface area contributed by atoms with Crippen LogP contribution < -0.4 is 0 Å². The second-order valence-electron chi connectivity index (χ2n) is 2.35. The SMILES string of the molecule is FC(=S)c1cccc(C(F)(F)F)c1. The summed E-state index contributed by atoms with van der Waals surface area (Å²) in [6.45, 7) is 0. The summed E-state index contributed by atoms with van der Waals surface area (Å²) in [5.41, 5.74) is -1.12. The molecule has 0 aliphatic rings. The van der Waals surface area contributed by atoms with Crippen molar-refractivity contribution in [3.63, 3.8) is 0 Å². The van der Waals surface area contributed by atoms with Gasteiger partial charge in [0.15, 0.2) is 5.12 Å². The zero-order valence-corrected chi connectivity index (χ0v) is 7.05. The second kappa shape index (κ2) is 3.41. The number of hydrogen-bond acceptors (Lipinski definition) is 1. The molecule has 0 bridgehead atoms. The number of benzene rings is 1. The Morgan fingerprint density at radius 2 is 1.85 bits per heavy atom. The molecule has 0 N–H and O–H groups in total. The molecule has 0 amide bonds. The van der Waals surface area contributed by atoms with E-state index >= 15 is 0 Å². The van der Waals surface area contributed by atoms with Crippen molar-refractivity contribution >= 4 is 17.3 Å². The fraction of sp³-hybridized carbons (Fsp3) is 0.125. The highest BCUT2D eigenvalue weighted by Crippen LogP contribution is 2.29. The van der Waals surface area contributed by atoms with Crippen molar-refractivity contribution in [2.45, 2.75) is 6.18 Å². The Morgan fingerprint density at radius 3 is 2.31 bits per heavy atom. The maximum absolute atomic E-state index is 12.4. The molecule has 1 aromatic carbocycles. The van der Waals surface area contributed by atoms with E-state index in [1.807, 2.05) is 0 Å². The lowest BCUT2D eigenvalue weighted by molar-refractivity contribution is -0.137. The molecule has 0 aromatic heterocycles. The van der Waals surface area contributed by atoms with Crippen molar-refractivity contribution < 1.29 is 17.6 Å². The van der Waals surface area contributed by atoms with Gasteiger partial charge in [0.25, 0.3) is 0 Å². The summed E-state index contributed by atoms with van der Waals surface area (Å²) in [4.78, 5) is 0. The van der Waals surface area contributed by atoms with Crippen molar-refractivity contribution in [3.05, 3.63) is 35.4 Å². The average molecular weight is 208 g/mol. The molecule has 0 nitrogen and oxygen atoms in total. The molecule has 0 spiro atoms. The third-order valence-electron chi connectivity index (χ3n) is 1.42. The van der Waals surface area contributed by atoms with Gasteiger partial charge in [0.1, 0.15) is 0 Å². The molecule has 0 radical (unpaired) electrons. The standard InChI is InChI=1S/C8H4F4S/c9-7(13)5-2-1-3-6(4-5)8(10,11)12/h1-4H. The topological polar surface area (TPSA) is 0 Å². The fourth-order valence-electron chi connectivity index (χ4n) is 0.818. The van der Waals surface area contributed by atoms with Gasteiger partial charge in [-0.25, -0.2) is 0 Å². The van der Waals surface area contributed by atoms with Crippen molar-refractivity contribution in [2.75, 3.05) is 0 Å². The molecule has 0 fully saturated rings. The molecule has 0 heterocycles. The maximum atomic E-state index is 12.4. The molecule has 13 heavy (non-hydrogen) atoms. The van der Waals surface area contributed by atoms with Crippen LogP contribution in [0.5, 0.6) is 0 Å². The molecule has 70 valence electrons. The van der Waals surface area contributed by atoms with E-state index in [1.165, 1.54) is 6.07 Å². The number of hydrogen-bond donors (Lipinski definition) is 0. The predicted molar refractivity (Wildman–Crippen MR) is 44.3 cm³/mol. The molecule has 1 rings (SSSR count). The van der Waals surface area contributed by atoms with Crippen LogP contribution in [-0.2, 0) is 6.18 Å². The third-order valence-corrected chi connectivity index (χ3v) is 1.65. The first kappa shape index (κ1) is 10.1. The maximum Gasteiger partial charge on any atom is 0.416 e. The highest BCUT2D eigenvalue weighted by atomic mass is 32.1. The van der Waals surface area contributed by atoms with Crippen LogP contribution in [0.2, 0.25) is 0 Å². The zero-order valence-electron chi connectivity index (χ0n) is 6.23. The lowest BCUT2D eigenvalue weighted by Crippen LogP contribution is -2.05. The van der Waals surface area contributed by atoms with Crippen molar-refractivity contribution in [2.24, 2.45) is 0 Å². The van der Waals surface area contributed by atoms with E-state index in [0.717, 1.165) is 12.1 Å². The van der Waals surface area contributed by atoms with Crippen LogP contribution >= 0.6 is 12.2 Å². The summed E-state index contributed by atoms with van der Waals surface area (Å²) < 4.78 is 48.6. The Labute approximate surface area is 77.2 Å². The van der Waals surface area contributed by atoms with E-state index in [2.05, 4.69) is 12.2 Å². The van der Waals surface area contributed by atoms with Crippen LogP contribution in [0.1, 0.15) is 11.1 Å². The van der Waals surface area contributed by atoms with E-state index in [1.54, 1.807) is 0 Å². The van der Waals surface area contributed by atoms with Gasteiger partial charge < -0.3 is 0 Å². The highest BCUT2D eigenvalue weighted by Gasteiger charge is 2.30. The largest absolute Gasteiger partial charge is 0.416 e. The lowest BCUT2D eigenvalue weighted by Gasteiger charge is -2.06. The molecular formula is C8H4F4S. The molecular weight excluding hydrogens is 204 g/mol. The Kier molecular flexibility index (Phi) is 2.66. The Morgan fingerprint density at radius 1 is 1.23 bits per heavy atom. The Bertz CT molecular complexity index is 329. The molecule has 0 saturated carbocycles. The van der Waals surface area contributed by atoms with Crippen molar-refractivity contribution in [1.29, 1.82) is 0 Å². The number of rotatable bonds is 1. The minimum absolute atomic E-state index is 0.218. The van der Waals surface area contributed by atoms with Gasteiger partial charge in [-0.15, -0.1) is 0 Å². The first-order chi connectivity index (χ1) is 5.91. The van der Waals surface area contributed by atoms with Crippen molar-refractivity contribution in [1.82, 2.24) is 0 Å². The Hall–Kier alpha value is -0.970. The fourth-order valence-corrected chi connectivity index (χ4v) is 0.945. The molecule has 0 aliphatic carbocycles. The van der Waals surface area contributed by atoms with E-state index in [9.17, 15) is 17.6 Å². The normalized spacial score (nSPS) is 11.4. The van der Waals surface area contributed by atoms with Gasteiger partial charge in [0, 0.05) is 5.56 Å². The summed E-state index contributed by atoms with van der Waals surface area (Å²) in [5.74, 6) is 0. The summed E-state index contributed by atoms with van der Waals surface area (Å²) in [5, 5.41) is -1.04. The van der Waals surface area contributed by atoms with Gasteiger partial charge in [-0.2, -0.15) is 17.6 Å². The summed E-state index contributed by atoms with van der Waals surface area (Å²) >= 11 is 4.11. The quantitative estimate of drug-likeness (QED) is 0.387. The lowest BCUT2D eigenvalue weighted by atomic mass is 10.1. The van der Waals surface area contributed by atoms with Gasteiger partial charge >= 0.3 is 6.18 Å². The molecule has 1 aromatic rings. The zero-order chi connectivity index (χ0) is 10.1. The van der Waals surface area contributed by atoms with E-state index in [0.29, 0.717) is 6.07 Å². The molecule has 0 saturated heterocycles. The monoisotopic (exact) mass is 208 g/mol. The molecule has 5 heteroatoms. The second-order valence-corrected chi connectivity index (χ2v) is 2.71. The van der Waals surface area contributed by atoms with Crippen LogP contribution in [0.4, 0.5) is 17.6 Å². The van der Waals surface area contributed by atoms with Crippen LogP contribution in [0.25, 0.3) is 0 Å². The minimum Gasteiger partial charge on any atom is -0.194 e. The first-order valence-electron chi connectivity index (χ1n) is 3.28. The predicted octanol–water partition coefficient (Wildman–Crippen LogP) is 3.35. The number of thiocarbonyl (C=S) groups is 1. The smallest absolute Gasteiger partial charge is 0.194 e. The van der Waals surface area contributed by atoms with E-state index < -0.39 is 16.9 Å². The third kappa shape index (κ3) is 2.48. The van der Waals surface area contributed by atoms with E-state index in [4.69, 9.17) is 0 Å². The van der Waals surface area contributed by atoms with Gasteiger partial charge in [0.05, 0.1) is 5.56 Å². The molecule has 0 atom stereocenters. The van der Waals surface area contributed by atoms with Crippen molar-refractivity contribution in [3.8, 4) is 0 Å². The summed E-state index contributed by atoms with van der Waals surface area (Å²) in [7, 11) is 0. The molecule has 0 aliphatic heterocycles. The summed E-state index contributed by atoms with van der Waals surface area (Å²) in [6.07, 6.45) is -4.46. The van der Waals surface area contributed by atoms with Crippen LogP contribution in [0.3, 0.4) is 0 Å². The number of halogens is 4. The first-order valence-corrected chi connectivity index (χ1v) is 3.69. The van der Waals surface area contributed by atoms with Crippen LogP contribution in [0, 0.1) is 0 Å². The average Bonchev–Trinajstić information content (AvgIpc) is 2.03. The Balaban J connectivity index is 3.13. The van der Waals surface area contributed by atoms with Crippen LogP contribution in [-0.4, -0.2) is 5.12 Å². The molecule has 0 unspecified atom stereocenters. The van der Waals surface area contributed by atoms with E-state index in [-0.39, 0.29) is 5.56 Å². The van der Waals surface area contributed by atoms with Gasteiger partial charge in [0.2, 0.25) is 0 Å². The van der Waals surface area contributed by atoms with Gasteiger partial charge in [-0.1, -0.05) is 12.1 Å². The van der Waals surface area contributed by atoms with Gasteiger partial charge in [-0.05, 0) is 24.4 Å².